The highest BCUT2D eigenvalue weighted by Crippen LogP contribution is 2.21. The number of pyridine rings is 1. The number of carbonyl (C=O) groups excluding carboxylic acids is 1. The maximum Gasteiger partial charge on any atom is 0.242 e. The predicted molar refractivity (Wildman–Crippen MR) is 77.3 cm³/mol. The third-order valence-corrected chi connectivity index (χ3v) is 3.89. The van der Waals surface area contributed by atoms with Gasteiger partial charge in [0.25, 0.3) is 0 Å². The normalized spacial score (nSPS) is 11.4. The van der Waals surface area contributed by atoms with Crippen LogP contribution in [0.15, 0.2) is 17.2 Å². The van der Waals surface area contributed by atoms with Crippen LogP contribution in [-0.4, -0.2) is 38.9 Å². The molecule has 9 heteroatoms. The number of carbonyl (C=O) groups is 1. The number of rotatable bonds is 6. The molecule has 1 amide bonds. The van der Waals surface area contributed by atoms with E-state index in [-0.39, 0.29) is 22.5 Å². The van der Waals surface area contributed by atoms with Crippen LogP contribution in [0, 0.1) is 0 Å². The molecule has 112 valence electrons. The minimum Gasteiger partial charge on any atom is -0.372 e. The van der Waals surface area contributed by atoms with Gasteiger partial charge in [0.15, 0.2) is 0 Å². The van der Waals surface area contributed by atoms with Gasteiger partial charge in [0.2, 0.25) is 15.9 Å². The lowest BCUT2D eigenvalue weighted by Crippen LogP contribution is -2.39. The average Bonchev–Trinajstić information content (AvgIpc) is 2.35. The number of hydrogen-bond acceptors (Lipinski definition) is 5. The third kappa shape index (κ3) is 4.62. The molecular weight excluding hydrogens is 304 g/mol. The summed E-state index contributed by atoms with van der Waals surface area (Å²) in [6, 6.07) is 1.21. The Morgan fingerprint density at radius 2 is 2.10 bits per heavy atom. The molecule has 1 rings (SSSR count). The number of aromatic nitrogens is 1. The molecule has 0 spiro atoms. The van der Waals surface area contributed by atoms with Crippen molar-refractivity contribution in [2.75, 3.05) is 18.9 Å². The van der Waals surface area contributed by atoms with Gasteiger partial charge in [-0.05, 0) is 19.9 Å². The maximum absolute atomic E-state index is 12.0. The second-order valence-corrected chi connectivity index (χ2v) is 6.47. The molecule has 0 aromatic carbocycles. The molecule has 3 N–H and O–H groups in total. The number of hydrogen-bond donors (Lipinski definition) is 3. The summed E-state index contributed by atoms with van der Waals surface area (Å²) >= 11 is 5.87. The summed E-state index contributed by atoms with van der Waals surface area (Å²) in [7, 11) is -2.20. The Bertz CT molecular complexity index is 589. The molecule has 1 aromatic rings. The van der Waals surface area contributed by atoms with E-state index in [1.54, 1.807) is 20.9 Å². The van der Waals surface area contributed by atoms with Crippen molar-refractivity contribution in [2.24, 2.45) is 0 Å². The van der Waals surface area contributed by atoms with E-state index < -0.39 is 15.9 Å². The molecule has 0 saturated carbocycles. The highest BCUT2D eigenvalue weighted by molar-refractivity contribution is 7.89. The van der Waals surface area contributed by atoms with Gasteiger partial charge in [-0.3, -0.25) is 4.79 Å². The first-order chi connectivity index (χ1) is 9.26. The number of nitrogens with zero attached hydrogens (tertiary/aromatic N) is 1. The highest BCUT2D eigenvalue weighted by atomic mass is 35.5. The van der Waals surface area contributed by atoms with Crippen LogP contribution in [0.25, 0.3) is 0 Å². The summed E-state index contributed by atoms with van der Waals surface area (Å²) in [4.78, 5) is 15.2. The molecule has 7 nitrogen and oxygen atoms in total. The quantitative estimate of drug-likeness (QED) is 0.712. The number of anilines is 1. The topological polar surface area (TPSA) is 100 Å². The van der Waals surface area contributed by atoms with Crippen molar-refractivity contribution in [2.45, 2.75) is 24.8 Å². The van der Waals surface area contributed by atoms with Crippen LogP contribution < -0.4 is 15.4 Å². The Morgan fingerprint density at radius 1 is 1.45 bits per heavy atom. The van der Waals surface area contributed by atoms with Crippen LogP contribution in [-0.2, 0) is 14.8 Å². The molecule has 0 unspecified atom stereocenters. The fourth-order valence-corrected chi connectivity index (χ4v) is 2.65. The Labute approximate surface area is 123 Å². The summed E-state index contributed by atoms with van der Waals surface area (Å²) in [6.07, 6.45) is 1.17. The SMILES string of the molecule is CNc1ncc(S(=O)(=O)NCC(=O)NC(C)C)cc1Cl. The Morgan fingerprint density at radius 3 is 2.60 bits per heavy atom. The zero-order valence-electron chi connectivity index (χ0n) is 11.4. The molecule has 0 radical (unpaired) electrons. The summed E-state index contributed by atoms with van der Waals surface area (Å²) in [5, 5.41) is 5.48. The van der Waals surface area contributed by atoms with Crippen molar-refractivity contribution in [3.8, 4) is 0 Å². The van der Waals surface area contributed by atoms with Gasteiger partial charge in [0.1, 0.15) is 10.7 Å². The van der Waals surface area contributed by atoms with Gasteiger partial charge in [-0.2, -0.15) is 0 Å². The van der Waals surface area contributed by atoms with Gasteiger partial charge in [0.05, 0.1) is 11.6 Å². The number of halogens is 1. The van der Waals surface area contributed by atoms with Crippen LogP contribution in [0.3, 0.4) is 0 Å². The highest BCUT2D eigenvalue weighted by Gasteiger charge is 2.17. The molecule has 0 atom stereocenters. The first-order valence-corrected chi connectivity index (χ1v) is 7.74. The first kappa shape index (κ1) is 16.7. The molecule has 0 aliphatic carbocycles. The van der Waals surface area contributed by atoms with Gasteiger partial charge >= 0.3 is 0 Å². The molecule has 0 aliphatic heterocycles. The second kappa shape index (κ2) is 6.87. The van der Waals surface area contributed by atoms with Crippen LogP contribution in [0.2, 0.25) is 5.02 Å². The van der Waals surface area contributed by atoms with E-state index in [1.807, 2.05) is 0 Å². The van der Waals surface area contributed by atoms with Crippen LogP contribution >= 0.6 is 11.6 Å². The van der Waals surface area contributed by atoms with Crippen molar-refractivity contribution >= 4 is 33.3 Å². The van der Waals surface area contributed by atoms with Gasteiger partial charge < -0.3 is 10.6 Å². The van der Waals surface area contributed by atoms with Crippen molar-refractivity contribution in [1.82, 2.24) is 15.0 Å². The molecule has 20 heavy (non-hydrogen) atoms. The van der Waals surface area contributed by atoms with E-state index in [0.29, 0.717) is 5.82 Å². The van der Waals surface area contributed by atoms with Gasteiger partial charge in [-0.15, -0.1) is 0 Å². The maximum atomic E-state index is 12.0. The fraction of sp³-hybridized carbons (Fsp3) is 0.455. The minimum atomic E-state index is -3.82. The van der Waals surface area contributed by atoms with E-state index in [1.165, 1.54) is 12.3 Å². The van der Waals surface area contributed by atoms with Crippen molar-refractivity contribution < 1.29 is 13.2 Å². The lowest BCUT2D eigenvalue weighted by Gasteiger charge is -2.10. The summed E-state index contributed by atoms with van der Waals surface area (Å²) in [5.74, 6) is -0.0300. The number of amides is 1. The number of sulfonamides is 1. The molecule has 0 fully saturated rings. The molecule has 1 aromatic heterocycles. The van der Waals surface area contributed by atoms with Gasteiger partial charge in [-0.1, -0.05) is 11.6 Å². The van der Waals surface area contributed by atoms with E-state index in [9.17, 15) is 13.2 Å². The monoisotopic (exact) mass is 320 g/mol. The van der Waals surface area contributed by atoms with Crippen molar-refractivity contribution in [3.63, 3.8) is 0 Å². The van der Waals surface area contributed by atoms with E-state index in [0.717, 1.165) is 0 Å². The Hall–Kier alpha value is -1.38. The smallest absolute Gasteiger partial charge is 0.242 e. The van der Waals surface area contributed by atoms with Crippen molar-refractivity contribution in [3.05, 3.63) is 17.3 Å². The minimum absolute atomic E-state index is 0.0574. The summed E-state index contributed by atoms with van der Waals surface area (Å²) < 4.78 is 26.1. The van der Waals surface area contributed by atoms with E-state index in [4.69, 9.17) is 11.6 Å². The van der Waals surface area contributed by atoms with Gasteiger partial charge in [0, 0.05) is 19.3 Å². The molecular formula is C11H17ClN4O3S. The predicted octanol–water partition coefficient (Wildman–Crippen LogP) is 0.580. The van der Waals surface area contributed by atoms with E-state index >= 15 is 0 Å². The standard InChI is InChI=1S/C11H17ClN4O3S/c1-7(2)16-10(17)6-15-20(18,19)8-4-9(12)11(13-3)14-5-8/h4-5,7,15H,6H2,1-3H3,(H,13,14)(H,16,17). The zero-order valence-corrected chi connectivity index (χ0v) is 13.0. The second-order valence-electron chi connectivity index (χ2n) is 4.30. The van der Waals surface area contributed by atoms with Crippen molar-refractivity contribution in [1.29, 1.82) is 0 Å². The van der Waals surface area contributed by atoms with Crippen LogP contribution in [0.4, 0.5) is 5.82 Å². The fourth-order valence-electron chi connectivity index (χ4n) is 1.37. The molecule has 0 bridgehead atoms. The van der Waals surface area contributed by atoms with Crippen LogP contribution in [0.1, 0.15) is 13.8 Å². The largest absolute Gasteiger partial charge is 0.372 e. The van der Waals surface area contributed by atoms with Gasteiger partial charge in [-0.25, -0.2) is 18.1 Å². The Kier molecular flexibility index (Phi) is 5.73. The van der Waals surface area contributed by atoms with Crippen LogP contribution in [0.5, 0.6) is 0 Å². The lowest BCUT2D eigenvalue weighted by atomic mass is 10.4. The third-order valence-electron chi connectivity index (χ3n) is 2.24. The lowest BCUT2D eigenvalue weighted by molar-refractivity contribution is -0.120. The Balaban J connectivity index is 2.79. The summed E-state index contributed by atoms with van der Waals surface area (Å²) in [5.41, 5.74) is 0. The molecule has 1 heterocycles. The molecule has 0 saturated heterocycles. The van der Waals surface area contributed by atoms with E-state index in [2.05, 4.69) is 20.3 Å². The average molecular weight is 321 g/mol. The number of nitrogens with one attached hydrogen (secondary N) is 3. The zero-order chi connectivity index (χ0) is 15.3. The molecule has 0 aliphatic rings. The summed E-state index contributed by atoms with van der Waals surface area (Å²) in [6.45, 7) is 3.23. The first-order valence-electron chi connectivity index (χ1n) is 5.88.